The summed E-state index contributed by atoms with van der Waals surface area (Å²) in [5.74, 6) is 0. The summed E-state index contributed by atoms with van der Waals surface area (Å²) in [7, 11) is 0. The number of rotatable bonds is 6. The predicted molar refractivity (Wildman–Crippen MR) is 75.3 cm³/mol. The van der Waals surface area contributed by atoms with Gasteiger partial charge in [-0.15, -0.1) is 0 Å². The van der Waals surface area contributed by atoms with Crippen LogP contribution in [-0.4, -0.2) is 24.1 Å². The number of nitro groups is 1. The molecule has 0 radical (unpaired) electrons. The molecule has 0 unspecified atom stereocenters. The van der Waals surface area contributed by atoms with Gasteiger partial charge >= 0.3 is 0 Å². The Hall–Kier alpha value is -0.890. The van der Waals surface area contributed by atoms with E-state index in [0.29, 0.717) is 18.3 Å². The number of benzene rings is 1. The van der Waals surface area contributed by atoms with Crippen LogP contribution in [0.2, 0.25) is 0 Å². The monoisotopic (exact) mass is 347 g/mol. The van der Waals surface area contributed by atoms with E-state index in [2.05, 4.69) is 33.2 Å². The third-order valence-corrected chi connectivity index (χ3v) is 3.28. The van der Waals surface area contributed by atoms with Gasteiger partial charge in [0.1, 0.15) is 5.69 Å². The minimum atomic E-state index is -0.348. The van der Waals surface area contributed by atoms with Gasteiger partial charge in [0.15, 0.2) is 0 Å². The maximum absolute atomic E-state index is 10.9. The number of hydrogen-bond donors (Lipinski definition) is 2. The summed E-state index contributed by atoms with van der Waals surface area (Å²) in [6, 6.07) is 5.88. The van der Waals surface area contributed by atoms with E-state index in [1.54, 1.807) is 12.1 Å². The number of nitrogens with one attached hydrogen (secondary N) is 2. The standard InChI is InChI=1S/C11H14IN3O2/c12-8-1-4-10(11(7-8)15(16)17)14-6-5-13-9-2-3-9/h1,4,7,9,13-14H,2-3,5-6H2. The van der Waals surface area contributed by atoms with E-state index in [4.69, 9.17) is 0 Å². The summed E-state index contributed by atoms with van der Waals surface area (Å²) in [5.41, 5.74) is 0.733. The second-order valence-corrected chi connectivity index (χ2v) is 5.32. The Kier molecular flexibility index (Phi) is 4.16. The zero-order chi connectivity index (χ0) is 12.3. The van der Waals surface area contributed by atoms with E-state index >= 15 is 0 Å². The highest BCUT2D eigenvalue weighted by atomic mass is 127. The Balaban J connectivity index is 1.91. The van der Waals surface area contributed by atoms with Crippen LogP contribution in [0.5, 0.6) is 0 Å². The van der Waals surface area contributed by atoms with E-state index < -0.39 is 0 Å². The molecule has 1 saturated carbocycles. The fourth-order valence-corrected chi connectivity index (χ4v) is 2.04. The highest BCUT2D eigenvalue weighted by Gasteiger charge is 2.19. The van der Waals surface area contributed by atoms with Crippen molar-refractivity contribution in [3.63, 3.8) is 0 Å². The lowest BCUT2D eigenvalue weighted by atomic mass is 10.2. The fourth-order valence-electron chi connectivity index (χ4n) is 1.57. The highest BCUT2D eigenvalue weighted by Crippen LogP contribution is 2.26. The first-order valence-electron chi connectivity index (χ1n) is 5.58. The van der Waals surface area contributed by atoms with Gasteiger partial charge in [-0.3, -0.25) is 10.1 Å². The third kappa shape index (κ3) is 3.81. The summed E-state index contributed by atoms with van der Waals surface area (Å²) < 4.78 is 0.871. The summed E-state index contributed by atoms with van der Waals surface area (Å²) in [6.45, 7) is 1.55. The normalized spacial score (nSPS) is 14.6. The van der Waals surface area contributed by atoms with Crippen LogP contribution in [0.25, 0.3) is 0 Å². The average molecular weight is 347 g/mol. The number of nitrogens with zero attached hydrogens (tertiary/aromatic N) is 1. The molecule has 0 spiro atoms. The van der Waals surface area contributed by atoms with Crippen molar-refractivity contribution in [2.75, 3.05) is 18.4 Å². The van der Waals surface area contributed by atoms with Crippen LogP contribution >= 0.6 is 22.6 Å². The molecule has 5 nitrogen and oxygen atoms in total. The van der Waals surface area contributed by atoms with Crippen molar-refractivity contribution in [3.05, 3.63) is 31.9 Å². The summed E-state index contributed by atoms with van der Waals surface area (Å²) in [6.07, 6.45) is 2.51. The van der Waals surface area contributed by atoms with E-state index in [1.807, 2.05) is 6.07 Å². The van der Waals surface area contributed by atoms with Crippen LogP contribution in [0, 0.1) is 13.7 Å². The molecular formula is C11H14IN3O2. The Labute approximate surface area is 113 Å². The maximum Gasteiger partial charge on any atom is 0.293 e. The van der Waals surface area contributed by atoms with Crippen molar-refractivity contribution >= 4 is 34.0 Å². The van der Waals surface area contributed by atoms with Crippen LogP contribution < -0.4 is 10.6 Å². The van der Waals surface area contributed by atoms with Crippen molar-refractivity contribution in [2.24, 2.45) is 0 Å². The molecule has 0 saturated heterocycles. The quantitative estimate of drug-likeness (QED) is 0.359. The molecule has 6 heteroatoms. The van der Waals surface area contributed by atoms with Gasteiger partial charge in [-0.05, 0) is 47.6 Å². The smallest absolute Gasteiger partial charge is 0.293 e. The lowest BCUT2D eigenvalue weighted by molar-refractivity contribution is -0.384. The van der Waals surface area contributed by atoms with Gasteiger partial charge < -0.3 is 10.6 Å². The first-order valence-corrected chi connectivity index (χ1v) is 6.66. The molecule has 17 heavy (non-hydrogen) atoms. The van der Waals surface area contributed by atoms with Crippen LogP contribution in [0.3, 0.4) is 0 Å². The molecule has 0 aliphatic heterocycles. The average Bonchev–Trinajstić information content (AvgIpc) is 3.09. The molecule has 0 heterocycles. The number of halogens is 1. The number of anilines is 1. The van der Waals surface area contributed by atoms with Gasteiger partial charge in [-0.2, -0.15) is 0 Å². The van der Waals surface area contributed by atoms with Gasteiger partial charge in [0, 0.05) is 28.8 Å². The molecule has 1 aliphatic carbocycles. The minimum absolute atomic E-state index is 0.142. The summed E-state index contributed by atoms with van der Waals surface area (Å²) >= 11 is 2.07. The van der Waals surface area contributed by atoms with Crippen LogP contribution in [0.1, 0.15) is 12.8 Å². The van der Waals surface area contributed by atoms with E-state index in [0.717, 1.165) is 10.1 Å². The first-order chi connectivity index (χ1) is 8.16. The van der Waals surface area contributed by atoms with Gasteiger partial charge in [-0.1, -0.05) is 0 Å². The lowest BCUT2D eigenvalue weighted by Gasteiger charge is -2.07. The topological polar surface area (TPSA) is 67.2 Å². The van der Waals surface area contributed by atoms with Crippen LogP contribution in [-0.2, 0) is 0 Å². The first kappa shape index (κ1) is 12.6. The molecule has 1 aliphatic rings. The molecule has 1 aromatic rings. The maximum atomic E-state index is 10.9. The molecule has 92 valence electrons. The van der Waals surface area contributed by atoms with Gasteiger partial charge in [-0.25, -0.2) is 0 Å². The number of nitro benzene ring substituents is 1. The highest BCUT2D eigenvalue weighted by molar-refractivity contribution is 14.1. The van der Waals surface area contributed by atoms with E-state index in [9.17, 15) is 10.1 Å². The third-order valence-electron chi connectivity index (χ3n) is 2.61. The molecular weight excluding hydrogens is 333 g/mol. The zero-order valence-electron chi connectivity index (χ0n) is 9.28. The molecule has 0 amide bonds. The molecule has 0 atom stereocenters. The van der Waals surface area contributed by atoms with Gasteiger partial charge in [0.05, 0.1) is 4.92 Å². The Morgan fingerprint density at radius 3 is 2.82 bits per heavy atom. The van der Waals surface area contributed by atoms with Crippen molar-refractivity contribution in [1.29, 1.82) is 0 Å². The van der Waals surface area contributed by atoms with Crippen molar-refractivity contribution < 1.29 is 4.92 Å². The van der Waals surface area contributed by atoms with E-state index in [-0.39, 0.29) is 10.6 Å². The molecule has 1 aromatic carbocycles. The summed E-state index contributed by atoms with van der Waals surface area (Å²) in [5, 5.41) is 17.3. The molecule has 1 fully saturated rings. The van der Waals surface area contributed by atoms with Crippen molar-refractivity contribution in [3.8, 4) is 0 Å². The van der Waals surface area contributed by atoms with E-state index in [1.165, 1.54) is 12.8 Å². The second kappa shape index (κ2) is 5.63. The lowest BCUT2D eigenvalue weighted by Crippen LogP contribution is -2.24. The Bertz CT molecular complexity index is 421. The minimum Gasteiger partial charge on any atom is -0.378 e. The van der Waals surface area contributed by atoms with Crippen LogP contribution in [0.15, 0.2) is 18.2 Å². The molecule has 0 bridgehead atoms. The second-order valence-electron chi connectivity index (χ2n) is 4.07. The Morgan fingerprint density at radius 2 is 2.18 bits per heavy atom. The van der Waals surface area contributed by atoms with Crippen LogP contribution in [0.4, 0.5) is 11.4 Å². The van der Waals surface area contributed by atoms with Gasteiger partial charge in [0.25, 0.3) is 5.69 Å². The zero-order valence-corrected chi connectivity index (χ0v) is 11.4. The number of hydrogen-bond acceptors (Lipinski definition) is 4. The van der Waals surface area contributed by atoms with Crippen molar-refractivity contribution in [2.45, 2.75) is 18.9 Å². The van der Waals surface area contributed by atoms with Crippen molar-refractivity contribution in [1.82, 2.24) is 5.32 Å². The molecule has 2 rings (SSSR count). The molecule has 0 aromatic heterocycles. The molecule has 2 N–H and O–H groups in total. The van der Waals surface area contributed by atoms with Gasteiger partial charge in [0.2, 0.25) is 0 Å². The SMILES string of the molecule is O=[N+]([O-])c1cc(I)ccc1NCCNC1CC1. The Morgan fingerprint density at radius 1 is 1.41 bits per heavy atom. The predicted octanol–water partition coefficient (Wildman–Crippen LogP) is 2.36. The summed E-state index contributed by atoms with van der Waals surface area (Å²) in [4.78, 5) is 10.5. The largest absolute Gasteiger partial charge is 0.378 e. The fraction of sp³-hybridized carbons (Fsp3) is 0.455.